The lowest BCUT2D eigenvalue weighted by Crippen LogP contribution is -2.30. The van der Waals surface area contributed by atoms with Crippen molar-refractivity contribution < 1.29 is 4.74 Å². The maximum absolute atomic E-state index is 5.98. The van der Waals surface area contributed by atoms with E-state index in [0.717, 1.165) is 22.3 Å². The number of nitrogens with zero attached hydrogens (tertiary/aromatic N) is 2. The molecule has 2 rings (SSSR count). The fraction of sp³-hybridized carbons (Fsp3) is 0.312. The predicted octanol–water partition coefficient (Wildman–Crippen LogP) is 2.98. The molecule has 0 saturated heterocycles. The van der Waals surface area contributed by atoms with Crippen LogP contribution in [0.5, 0.6) is 5.75 Å². The van der Waals surface area contributed by atoms with Gasteiger partial charge in [0.25, 0.3) is 0 Å². The third kappa shape index (κ3) is 4.03. The minimum Gasteiger partial charge on any atom is -0.496 e. The molecule has 1 aromatic heterocycles. The minimum absolute atomic E-state index is 0.146. The van der Waals surface area contributed by atoms with Gasteiger partial charge in [0.05, 0.1) is 11.6 Å². The van der Waals surface area contributed by atoms with E-state index in [9.17, 15) is 0 Å². The first-order chi connectivity index (χ1) is 10.2. The van der Waals surface area contributed by atoms with Crippen LogP contribution in [0.1, 0.15) is 17.2 Å². The van der Waals surface area contributed by atoms with Crippen molar-refractivity contribution in [2.24, 2.45) is 5.73 Å². The summed E-state index contributed by atoms with van der Waals surface area (Å²) in [6.45, 7) is 1.36. The molecule has 1 heterocycles. The average Bonchev–Trinajstić information content (AvgIpc) is 2.49. The number of halogens is 1. The zero-order valence-electron chi connectivity index (χ0n) is 12.3. The Labute approximate surface area is 134 Å². The zero-order valence-corrected chi connectivity index (χ0v) is 13.9. The molecule has 4 nitrogen and oxygen atoms in total. The Kier molecular flexibility index (Phi) is 5.73. The molecule has 0 aliphatic heterocycles. The molecule has 0 fully saturated rings. The van der Waals surface area contributed by atoms with Gasteiger partial charge in [-0.2, -0.15) is 0 Å². The summed E-state index contributed by atoms with van der Waals surface area (Å²) >= 11 is 3.53. The second-order valence-corrected chi connectivity index (χ2v) is 5.78. The summed E-state index contributed by atoms with van der Waals surface area (Å²) in [6, 6.07) is 10.2. The van der Waals surface area contributed by atoms with Gasteiger partial charge in [-0.3, -0.25) is 9.88 Å². The van der Waals surface area contributed by atoms with E-state index in [-0.39, 0.29) is 6.04 Å². The number of nitrogens with two attached hydrogens (primary N) is 1. The molecule has 2 N–H and O–H groups in total. The molecular formula is C16H20BrN3O. The summed E-state index contributed by atoms with van der Waals surface area (Å²) in [5.41, 5.74) is 8.31. The molecule has 0 amide bonds. The number of benzene rings is 1. The van der Waals surface area contributed by atoms with Crippen LogP contribution < -0.4 is 10.5 Å². The topological polar surface area (TPSA) is 51.4 Å². The van der Waals surface area contributed by atoms with Gasteiger partial charge in [-0.15, -0.1) is 0 Å². The van der Waals surface area contributed by atoms with Gasteiger partial charge in [0.2, 0.25) is 0 Å². The normalized spacial score (nSPS) is 12.4. The van der Waals surface area contributed by atoms with Crippen LogP contribution in [-0.4, -0.2) is 30.6 Å². The molecule has 2 aromatic rings. The van der Waals surface area contributed by atoms with Crippen LogP contribution in [0.2, 0.25) is 0 Å². The maximum atomic E-state index is 5.98. The fourth-order valence-electron chi connectivity index (χ4n) is 2.35. The van der Waals surface area contributed by atoms with E-state index in [4.69, 9.17) is 10.5 Å². The van der Waals surface area contributed by atoms with Gasteiger partial charge in [-0.1, -0.05) is 12.1 Å². The highest BCUT2D eigenvalue weighted by Gasteiger charge is 2.17. The summed E-state index contributed by atoms with van der Waals surface area (Å²) in [6.07, 6.45) is 3.67. The molecule has 0 radical (unpaired) electrons. The lowest BCUT2D eigenvalue weighted by atomic mass is 10.0. The third-order valence-electron chi connectivity index (χ3n) is 3.47. The van der Waals surface area contributed by atoms with Gasteiger partial charge in [-0.05, 0) is 52.3 Å². The number of rotatable bonds is 6. The van der Waals surface area contributed by atoms with Gasteiger partial charge in [-0.25, -0.2) is 0 Å². The summed E-state index contributed by atoms with van der Waals surface area (Å²) in [5.74, 6) is 0.824. The standard InChI is InChI=1S/C16H20BrN3O/c1-20(11-12-4-3-7-19-10-12)15(9-18)13-5-6-16(21-2)14(17)8-13/h3-8,10,15H,9,11,18H2,1-2H3. The van der Waals surface area contributed by atoms with Crippen LogP contribution in [0.3, 0.4) is 0 Å². The van der Waals surface area contributed by atoms with Crippen LogP contribution in [-0.2, 0) is 6.54 Å². The van der Waals surface area contributed by atoms with Crippen molar-refractivity contribution in [1.29, 1.82) is 0 Å². The molecule has 1 aromatic carbocycles. The monoisotopic (exact) mass is 349 g/mol. The molecule has 0 aliphatic rings. The van der Waals surface area contributed by atoms with Gasteiger partial charge in [0, 0.05) is 31.5 Å². The molecule has 112 valence electrons. The van der Waals surface area contributed by atoms with Crippen molar-refractivity contribution in [2.75, 3.05) is 20.7 Å². The first kappa shape index (κ1) is 15.9. The van der Waals surface area contributed by atoms with Crippen LogP contribution in [0.25, 0.3) is 0 Å². The van der Waals surface area contributed by atoms with E-state index in [1.165, 1.54) is 5.56 Å². The molecule has 5 heteroatoms. The number of hydrogen-bond donors (Lipinski definition) is 1. The number of pyridine rings is 1. The summed E-state index contributed by atoms with van der Waals surface area (Å²) in [4.78, 5) is 6.38. The number of aromatic nitrogens is 1. The Hall–Kier alpha value is -1.43. The van der Waals surface area contributed by atoms with Crippen LogP contribution in [0.4, 0.5) is 0 Å². The summed E-state index contributed by atoms with van der Waals surface area (Å²) < 4.78 is 6.21. The molecule has 0 spiro atoms. The van der Waals surface area contributed by atoms with Crippen LogP contribution in [0, 0.1) is 0 Å². The molecule has 21 heavy (non-hydrogen) atoms. The van der Waals surface area contributed by atoms with Crippen molar-refractivity contribution in [2.45, 2.75) is 12.6 Å². The summed E-state index contributed by atoms with van der Waals surface area (Å²) in [7, 11) is 3.73. The Morgan fingerprint density at radius 1 is 1.38 bits per heavy atom. The maximum Gasteiger partial charge on any atom is 0.133 e. The van der Waals surface area contributed by atoms with Crippen molar-refractivity contribution in [1.82, 2.24) is 9.88 Å². The largest absolute Gasteiger partial charge is 0.496 e. The Bertz CT molecular complexity index is 577. The van der Waals surface area contributed by atoms with Crippen molar-refractivity contribution in [3.63, 3.8) is 0 Å². The Morgan fingerprint density at radius 3 is 2.76 bits per heavy atom. The summed E-state index contributed by atoms with van der Waals surface area (Å²) in [5, 5.41) is 0. The van der Waals surface area contributed by atoms with Crippen molar-refractivity contribution in [3.8, 4) is 5.75 Å². The van der Waals surface area contributed by atoms with Gasteiger partial charge in [0.1, 0.15) is 5.75 Å². The SMILES string of the molecule is COc1ccc(C(CN)N(C)Cc2cccnc2)cc1Br. The second-order valence-electron chi connectivity index (χ2n) is 4.92. The van der Waals surface area contributed by atoms with E-state index in [0.29, 0.717) is 6.54 Å². The van der Waals surface area contributed by atoms with E-state index in [1.54, 1.807) is 13.3 Å². The molecule has 1 atom stereocenters. The molecule has 0 aliphatic carbocycles. The van der Waals surface area contributed by atoms with Gasteiger partial charge in [0.15, 0.2) is 0 Å². The number of methoxy groups -OCH3 is 1. The second kappa shape index (κ2) is 7.54. The first-order valence-electron chi connectivity index (χ1n) is 6.78. The average molecular weight is 350 g/mol. The van der Waals surface area contributed by atoms with Gasteiger partial charge < -0.3 is 10.5 Å². The van der Waals surface area contributed by atoms with Crippen LogP contribution >= 0.6 is 15.9 Å². The highest BCUT2D eigenvalue weighted by atomic mass is 79.9. The quantitative estimate of drug-likeness (QED) is 0.870. The van der Waals surface area contributed by atoms with Crippen molar-refractivity contribution in [3.05, 3.63) is 58.3 Å². The lowest BCUT2D eigenvalue weighted by Gasteiger charge is -2.27. The highest BCUT2D eigenvalue weighted by molar-refractivity contribution is 9.10. The predicted molar refractivity (Wildman–Crippen MR) is 88.2 cm³/mol. The first-order valence-corrected chi connectivity index (χ1v) is 7.57. The molecule has 1 unspecified atom stereocenters. The van der Waals surface area contributed by atoms with Gasteiger partial charge >= 0.3 is 0 Å². The van der Waals surface area contributed by atoms with Crippen molar-refractivity contribution >= 4 is 15.9 Å². The molecular weight excluding hydrogens is 330 g/mol. The highest BCUT2D eigenvalue weighted by Crippen LogP contribution is 2.30. The Balaban J connectivity index is 2.16. The van der Waals surface area contributed by atoms with Crippen LogP contribution in [0.15, 0.2) is 47.2 Å². The third-order valence-corrected chi connectivity index (χ3v) is 4.09. The Morgan fingerprint density at radius 2 is 2.19 bits per heavy atom. The molecule has 0 saturated carbocycles. The number of hydrogen-bond acceptors (Lipinski definition) is 4. The van der Waals surface area contributed by atoms with E-state index >= 15 is 0 Å². The number of ether oxygens (including phenoxy) is 1. The molecule has 0 bridgehead atoms. The van der Waals surface area contributed by atoms with E-state index < -0.39 is 0 Å². The van der Waals surface area contributed by atoms with E-state index in [1.807, 2.05) is 18.3 Å². The zero-order chi connectivity index (χ0) is 15.2. The van der Waals surface area contributed by atoms with E-state index in [2.05, 4.69) is 51.1 Å². The fourth-order valence-corrected chi connectivity index (χ4v) is 2.91. The smallest absolute Gasteiger partial charge is 0.133 e. The minimum atomic E-state index is 0.146. The lowest BCUT2D eigenvalue weighted by molar-refractivity contribution is 0.241. The number of likely N-dealkylation sites (N-methyl/N-ethyl adjacent to an activating group) is 1.